The Balaban J connectivity index is 1.62. The molecule has 3 aromatic carbocycles. The third-order valence-corrected chi connectivity index (χ3v) is 6.31. The van der Waals surface area contributed by atoms with Crippen LogP contribution in [-0.2, 0) is 11.2 Å². The summed E-state index contributed by atoms with van der Waals surface area (Å²) in [6.45, 7) is 3.75. The molecule has 0 aliphatic carbocycles. The number of carbonyl (C=O) groups excluding carboxylic acids is 1. The van der Waals surface area contributed by atoms with Crippen molar-refractivity contribution in [3.63, 3.8) is 0 Å². The molecule has 1 heterocycles. The van der Waals surface area contributed by atoms with Crippen molar-refractivity contribution in [2.24, 2.45) is 0 Å². The van der Waals surface area contributed by atoms with Crippen LogP contribution in [0.4, 0.5) is 11.4 Å². The summed E-state index contributed by atoms with van der Waals surface area (Å²) in [5.41, 5.74) is 3.22. The second-order valence-electron chi connectivity index (χ2n) is 7.67. The minimum atomic E-state index is -0.480. The molecule has 0 spiro atoms. The van der Waals surface area contributed by atoms with Crippen LogP contribution in [0.5, 0.6) is 0 Å². The van der Waals surface area contributed by atoms with Crippen LogP contribution in [0.1, 0.15) is 18.1 Å². The van der Waals surface area contributed by atoms with Crippen LogP contribution in [0.3, 0.4) is 0 Å². The molecule has 0 aliphatic heterocycles. The van der Waals surface area contributed by atoms with E-state index in [2.05, 4.69) is 17.2 Å². The highest BCUT2D eigenvalue weighted by atomic mass is 32.2. The Morgan fingerprint density at radius 2 is 1.85 bits per heavy atom. The number of hydrogen-bond donors (Lipinski definition) is 1. The summed E-state index contributed by atoms with van der Waals surface area (Å²) >= 11 is 1.15. The van der Waals surface area contributed by atoms with Crippen LogP contribution in [-0.4, -0.2) is 26.1 Å². The van der Waals surface area contributed by atoms with Gasteiger partial charge in [-0.3, -0.25) is 24.3 Å². The highest BCUT2D eigenvalue weighted by molar-refractivity contribution is 7.99. The molecule has 0 radical (unpaired) electrons. The fraction of sp³-hybridized carbons (Fsp3) is 0.160. The van der Waals surface area contributed by atoms with Crippen LogP contribution in [0, 0.1) is 17.0 Å². The Hall–Kier alpha value is -3.98. The van der Waals surface area contributed by atoms with Crippen molar-refractivity contribution in [3.8, 4) is 5.69 Å². The molecular weight excluding hydrogens is 452 g/mol. The predicted octanol–water partition coefficient (Wildman–Crippen LogP) is 4.90. The maximum absolute atomic E-state index is 13.3. The maximum atomic E-state index is 13.3. The summed E-state index contributed by atoms with van der Waals surface area (Å²) in [6, 6.07) is 19.1. The molecule has 0 saturated heterocycles. The third kappa shape index (κ3) is 4.84. The molecule has 1 N–H and O–H groups in total. The van der Waals surface area contributed by atoms with E-state index >= 15 is 0 Å². The number of nitro benzene ring substituents is 1. The molecule has 0 aliphatic rings. The lowest BCUT2D eigenvalue weighted by Gasteiger charge is -2.14. The zero-order valence-corrected chi connectivity index (χ0v) is 19.5. The van der Waals surface area contributed by atoms with E-state index in [4.69, 9.17) is 0 Å². The first-order valence-electron chi connectivity index (χ1n) is 10.7. The van der Waals surface area contributed by atoms with E-state index in [1.807, 2.05) is 30.3 Å². The molecule has 9 heteroatoms. The van der Waals surface area contributed by atoms with Crippen molar-refractivity contribution in [2.75, 3.05) is 11.1 Å². The molecule has 0 atom stereocenters. The number of hydrogen-bond acceptors (Lipinski definition) is 6. The second-order valence-corrected chi connectivity index (χ2v) is 8.61. The van der Waals surface area contributed by atoms with Gasteiger partial charge in [0.25, 0.3) is 11.2 Å². The molecule has 8 nitrogen and oxygen atoms in total. The van der Waals surface area contributed by atoms with Gasteiger partial charge in [-0.1, -0.05) is 43.0 Å². The molecule has 0 bridgehead atoms. The van der Waals surface area contributed by atoms with Gasteiger partial charge in [0.05, 0.1) is 27.3 Å². The number of benzene rings is 3. The van der Waals surface area contributed by atoms with Crippen LogP contribution < -0.4 is 10.9 Å². The Kier molecular flexibility index (Phi) is 6.74. The molecule has 34 heavy (non-hydrogen) atoms. The summed E-state index contributed by atoms with van der Waals surface area (Å²) < 4.78 is 1.52. The van der Waals surface area contributed by atoms with Gasteiger partial charge >= 0.3 is 0 Å². The predicted molar refractivity (Wildman–Crippen MR) is 134 cm³/mol. The molecule has 4 aromatic rings. The number of aromatic nitrogens is 2. The average molecular weight is 475 g/mol. The fourth-order valence-corrected chi connectivity index (χ4v) is 4.35. The number of amides is 1. The van der Waals surface area contributed by atoms with Crippen LogP contribution >= 0.6 is 11.8 Å². The number of nitrogens with one attached hydrogen (secondary N) is 1. The van der Waals surface area contributed by atoms with Gasteiger partial charge < -0.3 is 5.32 Å². The summed E-state index contributed by atoms with van der Waals surface area (Å²) in [6.07, 6.45) is 0.884. The number of anilines is 1. The minimum absolute atomic E-state index is 0.00819. The first-order chi connectivity index (χ1) is 16.4. The van der Waals surface area contributed by atoms with E-state index in [0.29, 0.717) is 33.0 Å². The van der Waals surface area contributed by atoms with E-state index in [9.17, 15) is 19.7 Å². The SMILES string of the molecule is CCc1ccc(-n2c(SCC(=O)Nc3ccc([N+](=O)[O-])cc3C)nc3ccccc3c2=O)cc1. The van der Waals surface area contributed by atoms with Crippen molar-refractivity contribution >= 4 is 39.9 Å². The van der Waals surface area contributed by atoms with Crippen LogP contribution in [0.15, 0.2) is 76.7 Å². The fourth-order valence-electron chi connectivity index (χ4n) is 3.54. The lowest BCUT2D eigenvalue weighted by Crippen LogP contribution is -2.23. The van der Waals surface area contributed by atoms with E-state index in [1.165, 1.54) is 22.8 Å². The molecule has 172 valence electrons. The molecule has 0 saturated carbocycles. The van der Waals surface area contributed by atoms with Crippen molar-refractivity contribution < 1.29 is 9.72 Å². The van der Waals surface area contributed by atoms with Crippen molar-refractivity contribution in [3.05, 3.63) is 98.3 Å². The van der Waals surface area contributed by atoms with E-state index in [0.717, 1.165) is 23.7 Å². The van der Waals surface area contributed by atoms with Gasteiger partial charge in [0.15, 0.2) is 5.16 Å². The zero-order valence-electron chi connectivity index (χ0n) is 18.6. The number of aryl methyl sites for hydroxylation is 2. The summed E-state index contributed by atoms with van der Waals surface area (Å²) in [5.74, 6) is -0.300. The number of fused-ring (bicyclic) bond motifs is 1. The normalized spacial score (nSPS) is 10.9. The Labute approximate surface area is 199 Å². The first-order valence-corrected chi connectivity index (χ1v) is 11.6. The Bertz CT molecular complexity index is 1450. The average Bonchev–Trinajstić information content (AvgIpc) is 2.84. The Morgan fingerprint density at radius 1 is 1.12 bits per heavy atom. The smallest absolute Gasteiger partial charge is 0.269 e. The van der Waals surface area contributed by atoms with E-state index in [-0.39, 0.29) is 22.9 Å². The quantitative estimate of drug-likeness (QED) is 0.177. The number of nitrogens with zero attached hydrogens (tertiary/aromatic N) is 3. The molecule has 1 amide bonds. The van der Waals surface area contributed by atoms with Gasteiger partial charge in [0.2, 0.25) is 5.91 Å². The molecule has 1 aromatic heterocycles. The van der Waals surface area contributed by atoms with Gasteiger partial charge in [-0.05, 0) is 54.8 Å². The number of nitro groups is 1. The maximum Gasteiger partial charge on any atom is 0.269 e. The van der Waals surface area contributed by atoms with Crippen molar-refractivity contribution in [1.82, 2.24) is 9.55 Å². The summed E-state index contributed by atoms with van der Waals surface area (Å²) in [4.78, 5) is 41.1. The van der Waals surface area contributed by atoms with Gasteiger partial charge in [0, 0.05) is 17.8 Å². The lowest BCUT2D eigenvalue weighted by atomic mass is 10.1. The van der Waals surface area contributed by atoms with Gasteiger partial charge in [-0.15, -0.1) is 0 Å². The second kappa shape index (κ2) is 9.88. The van der Waals surface area contributed by atoms with E-state index < -0.39 is 4.92 Å². The van der Waals surface area contributed by atoms with Crippen LogP contribution in [0.2, 0.25) is 0 Å². The molecule has 0 unspecified atom stereocenters. The standard InChI is InChI=1S/C25H22N4O4S/c1-3-17-8-10-18(11-9-17)28-24(31)20-6-4-5-7-22(20)27-25(28)34-15-23(30)26-21-13-12-19(29(32)33)14-16(21)2/h4-14H,3,15H2,1-2H3,(H,26,30). The largest absolute Gasteiger partial charge is 0.325 e. The number of rotatable bonds is 7. The van der Waals surface area contributed by atoms with Gasteiger partial charge in [0.1, 0.15) is 0 Å². The number of non-ortho nitro benzene ring substituents is 1. The Morgan fingerprint density at radius 3 is 2.53 bits per heavy atom. The van der Waals surface area contributed by atoms with E-state index in [1.54, 1.807) is 25.1 Å². The number of carbonyl (C=O) groups is 1. The van der Waals surface area contributed by atoms with Gasteiger partial charge in [-0.25, -0.2) is 4.98 Å². The third-order valence-electron chi connectivity index (χ3n) is 5.37. The molecule has 4 rings (SSSR count). The van der Waals surface area contributed by atoms with Gasteiger partial charge in [-0.2, -0.15) is 0 Å². The number of para-hydroxylation sites is 1. The molecule has 0 fully saturated rings. The van der Waals surface area contributed by atoms with Crippen LogP contribution in [0.25, 0.3) is 16.6 Å². The first kappa shape index (κ1) is 23.2. The van der Waals surface area contributed by atoms with Crippen molar-refractivity contribution in [1.29, 1.82) is 0 Å². The number of thioether (sulfide) groups is 1. The van der Waals surface area contributed by atoms with Crippen molar-refractivity contribution in [2.45, 2.75) is 25.4 Å². The summed E-state index contributed by atoms with van der Waals surface area (Å²) in [7, 11) is 0. The molecular formula is C25H22N4O4S. The summed E-state index contributed by atoms with van der Waals surface area (Å²) in [5, 5.41) is 14.6. The zero-order chi connectivity index (χ0) is 24.2. The lowest BCUT2D eigenvalue weighted by molar-refractivity contribution is -0.384. The highest BCUT2D eigenvalue weighted by Gasteiger charge is 2.16. The topological polar surface area (TPSA) is 107 Å². The highest BCUT2D eigenvalue weighted by Crippen LogP contribution is 2.24. The minimum Gasteiger partial charge on any atom is -0.325 e. The monoisotopic (exact) mass is 474 g/mol.